The summed E-state index contributed by atoms with van der Waals surface area (Å²) in [6.45, 7) is 0. The highest BCUT2D eigenvalue weighted by Gasteiger charge is 2.12. The van der Waals surface area contributed by atoms with Gasteiger partial charge in [0.05, 0.1) is 11.3 Å². The highest BCUT2D eigenvalue weighted by molar-refractivity contribution is 5.97. The van der Waals surface area contributed by atoms with Crippen molar-refractivity contribution in [3.8, 4) is 0 Å². The van der Waals surface area contributed by atoms with Crippen LogP contribution in [0.3, 0.4) is 0 Å². The van der Waals surface area contributed by atoms with Gasteiger partial charge >= 0.3 is 5.97 Å². The van der Waals surface area contributed by atoms with E-state index in [9.17, 15) is 4.79 Å². The van der Waals surface area contributed by atoms with E-state index in [2.05, 4.69) is 10.3 Å². The average Bonchev–Trinajstić information content (AvgIpc) is 2.48. The van der Waals surface area contributed by atoms with E-state index >= 15 is 0 Å². The fourth-order valence-corrected chi connectivity index (χ4v) is 1.16. The molecule has 0 saturated heterocycles. The van der Waals surface area contributed by atoms with Gasteiger partial charge in [-0.25, -0.2) is 4.79 Å². The number of fused-ring (bicyclic) bond motifs is 1. The van der Waals surface area contributed by atoms with Crippen LogP contribution in [0.15, 0.2) is 12.1 Å². The number of aromatic carboxylic acids is 1. The zero-order chi connectivity index (χ0) is 10.3. The Labute approximate surface area is 77.3 Å². The molecule has 4 N–H and O–H groups in total. The predicted molar refractivity (Wildman–Crippen MR) is 46.1 cm³/mol. The number of nitrogen functional groups attached to an aromatic ring is 1. The first-order valence-corrected chi connectivity index (χ1v) is 3.67. The van der Waals surface area contributed by atoms with Crippen LogP contribution in [-0.4, -0.2) is 31.4 Å². The lowest BCUT2D eigenvalue weighted by Crippen LogP contribution is -2.00. The summed E-state index contributed by atoms with van der Waals surface area (Å²) in [5, 5.41) is 24.7. The first-order chi connectivity index (χ1) is 6.59. The SMILES string of the molecule is Nc1cc(C(=O)O)cc2c1nnn2O. The van der Waals surface area contributed by atoms with Crippen LogP contribution in [0.4, 0.5) is 5.69 Å². The number of hydrogen-bond donors (Lipinski definition) is 3. The van der Waals surface area contributed by atoms with Gasteiger partial charge < -0.3 is 16.0 Å². The fraction of sp³-hybridized carbons (Fsp3) is 0. The number of nitrogens with two attached hydrogens (primary N) is 1. The van der Waals surface area contributed by atoms with Crippen molar-refractivity contribution in [2.45, 2.75) is 0 Å². The van der Waals surface area contributed by atoms with Gasteiger partial charge in [0.1, 0.15) is 11.0 Å². The molecule has 1 aromatic carbocycles. The number of nitrogens with zero attached hydrogens (tertiary/aromatic N) is 3. The molecular weight excluding hydrogens is 188 g/mol. The van der Waals surface area contributed by atoms with E-state index in [1.54, 1.807) is 0 Å². The Morgan fingerprint density at radius 1 is 1.50 bits per heavy atom. The van der Waals surface area contributed by atoms with E-state index in [-0.39, 0.29) is 22.3 Å². The molecule has 0 aliphatic heterocycles. The molecule has 7 nitrogen and oxygen atoms in total. The molecule has 0 spiro atoms. The quantitative estimate of drug-likeness (QED) is 0.433. The maximum absolute atomic E-state index is 10.6. The summed E-state index contributed by atoms with van der Waals surface area (Å²) in [4.78, 5) is 11.1. The van der Waals surface area contributed by atoms with Crippen LogP contribution < -0.4 is 5.73 Å². The average molecular weight is 194 g/mol. The normalized spacial score (nSPS) is 10.6. The largest absolute Gasteiger partial charge is 0.478 e. The molecule has 2 aromatic rings. The molecule has 2 rings (SSSR count). The van der Waals surface area contributed by atoms with Crippen molar-refractivity contribution in [3.63, 3.8) is 0 Å². The summed E-state index contributed by atoms with van der Waals surface area (Å²) in [5.74, 6) is -1.13. The van der Waals surface area contributed by atoms with Crippen molar-refractivity contribution in [3.05, 3.63) is 17.7 Å². The first kappa shape index (κ1) is 8.30. The zero-order valence-corrected chi connectivity index (χ0v) is 6.88. The second-order valence-electron chi connectivity index (χ2n) is 2.72. The minimum atomic E-state index is -1.13. The lowest BCUT2D eigenvalue weighted by atomic mass is 10.2. The monoisotopic (exact) mass is 194 g/mol. The molecule has 72 valence electrons. The van der Waals surface area contributed by atoms with Crippen molar-refractivity contribution in [1.82, 2.24) is 15.2 Å². The Kier molecular flexibility index (Phi) is 1.53. The van der Waals surface area contributed by atoms with Gasteiger partial charge in [0, 0.05) is 0 Å². The molecule has 0 unspecified atom stereocenters. The molecule has 0 atom stereocenters. The molecular formula is C7H6N4O3. The third-order valence-corrected chi connectivity index (χ3v) is 1.81. The van der Waals surface area contributed by atoms with E-state index in [0.717, 1.165) is 0 Å². The molecule has 14 heavy (non-hydrogen) atoms. The van der Waals surface area contributed by atoms with Gasteiger partial charge in [-0.2, -0.15) is 0 Å². The van der Waals surface area contributed by atoms with Gasteiger partial charge in [0.15, 0.2) is 0 Å². The molecule has 1 heterocycles. The van der Waals surface area contributed by atoms with E-state index in [1.807, 2.05) is 0 Å². The van der Waals surface area contributed by atoms with Crippen LogP contribution in [0.5, 0.6) is 0 Å². The fourth-order valence-electron chi connectivity index (χ4n) is 1.16. The van der Waals surface area contributed by atoms with E-state index < -0.39 is 5.97 Å². The molecule has 7 heteroatoms. The van der Waals surface area contributed by atoms with Gasteiger partial charge in [-0.05, 0) is 17.3 Å². The Bertz CT molecular complexity index is 519. The summed E-state index contributed by atoms with van der Waals surface area (Å²) < 4.78 is 0. The molecule has 0 bridgehead atoms. The minimum Gasteiger partial charge on any atom is -0.478 e. The number of carboxylic acids is 1. The maximum atomic E-state index is 10.6. The third kappa shape index (κ3) is 1.03. The standard InChI is InChI=1S/C7H6N4O3/c8-4-1-3(7(12)13)2-5-6(4)9-10-11(5)14/h1-2,14H,8H2,(H,12,13). The van der Waals surface area contributed by atoms with E-state index in [4.69, 9.17) is 16.0 Å². The topological polar surface area (TPSA) is 114 Å². The summed E-state index contributed by atoms with van der Waals surface area (Å²) in [6, 6.07) is 2.51. The van der Waals surface area contributed by atoms with Gasteiger partial charge in [0.25, 0.3) is 0 Å². The number of carbonyl (C=O) groups is 1. The number of benzene rings is 1. The maximum Gasteiger partial charge on any atom is 0.335 e. The van der Waals surface area contributed by atoms with E-state index in [0.29, 0.717) is 4.85 Å². The van der Waals surface area contributed by atoms with Crippen molar-refractivity contribution in [2.24, 2.45) is 0 Å². The van der Waals surface area contributed by atoms with Crippen LogP contribution in [0.25, 0.3) is 11.0 Å². The highest BCUT2D eigenvalue weighted by atomic mass is 16.5. The van der Waals surface area contributed by atoms with Crippen LogP contribution in [0, 0.1) is 0 Å². The van der Waals surface area contributed by atoms with Crippen molar-refractivity contribution < 1.29 is 15.1 Å². The molecule has 0 radical (unpaired) electrons. The van der Waals surface area contributed by atoms with Crippen molar-refractivity contribution in [2.75, 3.05) is 5.73 Å². The lowest BCUT2D eigenvalue weighted by molar-refractivity contribution is 0.0697. The van der Waals surface area contributed by atoms with Gasteiger partial charge in [-0.15, -0.1) is 5.10 Å². The summed E-state index contributed by atoms with van der Waals surface area (Å²) >= 11 is 0. The van der Waals surface area contributed by atoms with Crippen molar-refractivity contribution in [1.29, 1.82) is 0 Å². The second-order valence-corrected chi connectivity index (χ2v) is 2.72. The van der Waals surface area contributed by atoms with Gasteiger partial charge in [0.2, 0.25) is 0 Å². The van der Waals surface area contributed by atoms with Gasteiger partial charge in [-0.1, -0.05) is 4.85 Å². The van der Waals surface area contributed by atoms with Crippen LogP contribution in [0.1, 0.15) is 10.4 Å². The van der Waals surface area contributed by atoms with Crippen LogP contribution in [-0.2, 0) is 0 Å². The Morgan fingerprint density at radius 3 is 2.86 bits per heavy atom. The number of rotatable bonds is 1. The molecule has 0 aliphatic rings. The number of aromatic nitrogens is 3. The highest BCUT2D eigenvalue weighted by Crippen LogP contribution is 2.19. The first-order valence-electron chi connectivity index (χ1n) is 3.67. The number of carboxylic acid groups (broad SMARTS) is 1. The van der Waals surface area contributed by atoms with E-state index in [1.165, 1.54) is 12.1 Å². The minimum absolute atomic E-state index is 0.0207. The Balaban J connectivity index is 2.82. The lowest BCUT2D eigenvalue weighted by Gasteiger charge is -1.98. The Hall–Kier alpha value is -2.31. The zero-order valence-electron chi connectivity index (χ0n) is 6.88. The van der Waals surface area contributed by atoms with Crippen molar-refractivity contribution >= 4 is 22.7 Å². The molecule has 0 saturated carbocycles. The van der Waals surface area contributed by atoms with Crippen LogP contribution in [0.2, 0.25) is 0 Å². The molecule has 0 aliphatic carbocycles. The Morgan fingerprint density at radius 2 is 2.21 bits per heavy atom. The summed E-state index contributed by atoms with van der Waals surface area (Å²) in [6.07, 6.45) is 0. The van der Waals surface area contributed by atoms with Gasteiger partial charge in [-0.3, -0.25) is 0 Å². The smallest absolute Gasteiger partial charge is 0.335 e. The van der Waals surface area contributed by atoms with Crippen LogP contribution >= 0.6 is 0 Å². The summed E-state index contributed by atoms with van der Waals surface area (Å²) in [7, 11) is 0. The third-order valence-electron chi connectivity index (χ3n) is 1.81. The molecule has 0 amide bonds. The molecule has 1 aromatic heterocycles. The summed E-state index contributed by atoms with van der Waals surface area (Å²) in [5.41, 5.74) is 6.11. The predicted octanol–water partition coefficient (Wildman–Crippen LogP) is -0.0510. The number of anilines is 1. The second kappa shape index (κ2) is 2.59. The number of hydrogen-bond acceptors (Lipinski definition) is 5. The molecule has 0 fully saturated rings.